The van der Waals surface area contributed by atoms with Gasteiger partial charge < -0.3 is 9.84 Å². The van der Waals surface area contributed by atoms with Crippen molar-refractivity contribution in [3.8, 4) is 0 Å². The fraction of sp³-hybridized carbons (Fsp3) is 0.902. The summed E-state index contributed by atoms with van der Waals surface area (Å²) in [6.45, 7) is 4.53. The molecule has 0 bridgehead atoms. The number of ether oxygens (including phenoxy) is 1. The Morgan fingerprint density at radius 3 is 1.22 bits per heavy atom. The standard InChI is InChI=1S/C41H78O4/c1-3-5-7-9-10-11-12-13-17-20-23-26-30-34-38-41(44)45-39(35-31-27-8-6-4-2)36-32-28-24-21-18-15-14-16-19-22-25-29-33-37-40(42)43/h11-12,39H,3-10,13-38H2,1-2H3,(H,42,43)/b12-11-. The van der Waals surface area contributed by atoms with Gasteiger partial charge in [0.2, 0.25) is 0 Å². The highest BCUT2D eigenvalue weighted by molar-refractivity contribution is 5.69. The van der Waals surface area contributed by atoms with Gasteiger partial charge in [-0.2, -0.15) is 0 Å². The van der Waals surface area contributed by atoms with Gasteiger partial charge in [-0.25, -0.2) is 0 Å². The Morgan fingerprint density at radius 2 is 0.800 bits per heavy atom. The first-order valence-electron chi connectivity index (χ1n) is 20.2. The molecule has 4 heteroatoms. The van der Waals surface area contributed by atoms with Crippen molar-refractivity contribution in [1.82, 2.24) is 0 Å². The molecule has 0 aliphatic rings. The maximum Gasteiger partial charge on any atom is 0.306 e. The lowest BCUT2D eigenvalue weighted by molar-refractivity contribution is -0.150. The molecule has 0 aliphatic carbocycles. The van der Waals surface area contributed by atoms with Gasteiger partial charge >= 0.3 is 11.9 Å². The molecule has 1 N–H and O–H groups in total. The minimum atomic E-state index is -0.666. The minimum absolute atomic E-state index is 0.0397. The average molecular weight is 635 g/mol. The number of aliphatic carboxylic acids is 1. The third-order valence-corrected chi connectivity index (χ3v) is 9.24. The number of hydrogen-bond donors (Lipinski definition) is 1. The SMILES string of the molecule is CCCCCC/C=C\CCCCCCCCC(=O)OC(CCCCCCC)CCCCCCCCCCCCCCCC(=O)O. The summed E-state index contributed by atoms with van der Waals surface area (Å²) in [7, 11) is 0. The van der Waals surface area contributed by atoms with Crippen molar-refractivity contribution in [1.29, 1.82) is 0 Å². The van der Waals surface area contributed by atoms with Gasteiger partial charge in [0.05, 0.1) is 0 Å². The van der Waals surface area contributed by atoms with Gasteiger partial charge in [-0.05, 0) is 64.2 Å². The van der Waals surface area contributed by atoms with Crippen molar-refractivity contribution in [3.05, 3.63) is 12.2 Å². The van der Waals surface area contributed by atoms with Crippen molar-refractivity contribution in [2.45, 2.75) is 238 Å². The lowest BCUT2D eigenvalue weighted by atomic mass is 10.0. The molecule has 1 unspecified atom stereocenters. The van der Waals surface area contributed by atoms with E-state index in [0.717, 1.165) is 38.5 Å². The van der Waals surface area contributed by atoms with Crippen LogP contribution in [0.3, 0.4) is 0 Å². The molecule has 0 spiro atoms. The fourth-order valence-electron chi connectivity index (χ4n) is 6.24. The van der Waals surface area contributed by atoms with Gasteiger partial charge in [0, 0.05) is 12.8 Å². The number of allylic oxidation sites excluding steroid dienone is 2. The normalized spacial score (nSPS) is 12.2. The molecule has 0 rings (SSSR count). The highest BCUT2D eigenvalue weighted by Gasteiger charge is 2.14. The maximum atomic E-state index is 12.6. The second-order valence-corrected chi connectivity index (χ2v) is 13.8. The molecule has 0 saturated carbocycles. The Bertz CT molecular complexity index is 643. The lowest BCUT2D eigenvalue weighted by Crippen LogP contribution is -2.18. The van der Waals surface area contributed by atoms with Crippen LogP contribution in [0.25, 0.3) is 0 Å². The van der Waals surface area contributed by atoms with Crippen LogP contribution in [0.2, 0.25) is 0 Å². The molecule has 0 aromatic heterocycles. The van der Waals surface area contributed by atoms with Crippen molar-refractivity contribution < 1.29 is 19.4 Å². The monoisotopic (exact) mass is 635 g/mol. The summed E-state index contributed by atoms with van der Waals surface area (Å²) < 4.78 is 6.02. The molecule has 0 saturated heterocycles. The summed E-state index contributed by atoms with van der Waals surface area (Å²) >= 11 is 0. The number of unbranched alkanes of at least 4 members (excludes halogenated alkanes) is 26. The average Bonchev–Trinajstić information content (AvgIpc) is 3.02. The van der Waals surface area contributed by atoms with Crippen LogP contribution in [-0.2, 0) is 14.3 Å². The third-order valence-electron chi connectivity index (χ3n) is 9.24. The summed E-state index contributed by atoms with van der Waals surface area (Å²) in [6.07, 6.45) is 45.4. The smallest absolute Gasteiger partial charge is 0.306 e. The van der Waals surface area contributed by atoms with Crippen LogP contribution in [0.4, 0.5) is 0 Å². The predicted octanol–water partition coefficient (Wildman–Crippen LogP) is 13.8. The van der Waals surface area contributed by atoms with Gasteiger partial charge in [0.1, 0.15) is 6.10 Å². The first-order chi connectivity index (χ1) is 22.1. The number of hydrogen-bond acceptors (Lipinski definition) is 3. The van der Waals surface area contributed by atoms with Crippen LogP contribution in [0, 0.1) is 0 Å². The Labute approximate surface area is 281 Å². The molecule has 0 radical (unpaired) electrons. The van der Waals surface area contributed by atoms with Crippen LogP contribution in [0.5, 0.6) is 0 Å². The summed E-state index contributed by atoms with van der Waals surface area (Å²) in [6, 6.07) is 0. The largest absolute Gasteiger partial charge is 0.481 e. The highest BCUT2D eigenvalue weighted by atomic mass is 16.5. The van der Waals surface area contributed by atoms with Crippen molar-refractivity contribution >= 4 is 11.9 Å². The molecule has 0 aliphatic heterocycles. The predicted molar refractivity (Wildman–Crippen MR) is 195 cm³/mol. The Kier molecular flexibility index (Phi) is 36.1. The van der Waals surface area contributed by atoms with Crippen molar-refractivity contribution in [2.75, 3.05) is 0 Å². The maximum absolute atomic E-state index is 12.6. The molecule has 0 aromatic rings. The van der Waals surface area contributed by atoms with E-state index < -0.39 is 5.97 Å². The molecule has 0 fully saturated rings. The minimum Gasteiger partial charge on any atom is -0.481 e. The first kappa shape index (κ1) is 43.7. The van der Waals surface area contributed by atoms with E-state index in [4.69, 9.17) is 9.84 Å². The second-order valence-electron chi connectivity index (χ2n) is 13.8. The number of carbonyl (C=O) groups is 2. The van der Waals surface area contributed by atoms with E-state index in [2.05, 4.69) is 26.0 Å². The van der Waals surface area contributed by atoms with Gasteiger partial charge in [-0.1, -0.05) is 167 Å². The third kappa shape index (κ3) is 37.0. The molecular weight excluding hydrogens is 556 g/mol. The number of rotatable bonds is 37. The van der Waals surface area contributed by atoms with E-state index >= 15 is 0 Å². The molecule has 0 heterocycles. The topological polar surface area (TPSA) is 63.6 Å². The van der Waals surface area contributed by atoms with E-state index in [1.165, 1.54) is 167 Å². The zero-order chi connectivity index (χ0) is 32.9. The lowest BCUT2D eigenvalue weighted by Gasteiger charge is -2.18. The molecular formula is C41H78O4. The molecule has 4 nitrogen and oxygen atoms in total. The Balaban J connectivity index is 3.85. The van der Waals surface area contributed by atoms with Crippen molar-refractivity contribution in [3.63, 3.8) is 0 Å². The fourth-order valence-corrected chi connectivity index (χ4v) is 6.24. The van der Waals surface area contributed by atoms with Crippen LogP contribution < -0.4 is 0 Å². The Morgan fingerprint density at radius 1 is 0.467 bits per heavy atom. The zero-order valence-electron chi connectivity index (χ0n) is 30.4. The summed E-state index contributed by atoms with van der Waals surface area (Å²) in [4.78, 5) is 23.2. The van der Waals surface area contributed by atoms with E-state index in [9.17, 15) is 9.59 Å². The molecule has 0 aromatic carbocycles. The second kappa shape index (κ2) is 37.1. The van der Waals surface area contributed by atoms with Crippen LogP contribution in [0.15, 0.2) is 12.2 Å². The van der Waals surface area contributed by atoms with E-state index in [-0.39, 0.29) is 12.1 Å². The van der Waals surface area contributed by atoms with E-state index in [1.54, 1.807) is 0 Å². The van der Waals surface area contributed by atoms with Gasteiger partial charge in [0.15, 0.2) is 0 Å². The molecule has 45 heavy (non-hydrogen) atoms. The van der Waals surface area contributed by atoms with E-state index in [0.29, 0.717) is 12.8 Å². The number of carboxylic acids is 1. The van der Waals surface area contributed by atoms with Crippen LogP contribution in [0.1, 0.15) is 232 Å². The zero-order valence-corrected chi connectivity index (χ0v) is 30.4. The first-order valence-corrected chi connectivity index (χ1v) is 20.2. The quantitative estimate of drug-likeness (QED) is 0.0419. The van der Waals surface area contributed by atoms with Crippen molar-refractivity contribution in [2.24, 2.45) is 0 Å². The molecule has 266 valence electrons. The molecule has 1 atom stereocenters. The summed E-state index contributed by atoms with van der Waals surface area (Å²) in [5, 5.41) is 8.68. The molecule has 0 amide bonds. The summed E-state index contributed by atoms with van der Waals surface area (Å²) in [5.74, 6) is -0.627. The number of carboxylic acid groups (broad SMARTS) is 1. The van der Waals surface area contributed by atoms with Crippen LogP contribution in [-0.4, -0.2) is 23.1 Å². The summed E-state index contributed by atoms with van der Waals surface area (Å²) in [5.41, 5.74) is 0. The number of esters is 1. The van der Waals surface area contributed by atoms with Gasteiger partial charge in [-0.3, -0.25) is 9.59 Å². The Hall–Kier alpha value is -1.32. The highest BCUT2D eigenvalue weighted by Crippen LogP contribution is 2.19. The van der Waals surface area contributed by atoms with E-state index in [1.807, 2.05) is 0 Å². The van der Waals surface area contributed by atoms with Gasteiger partial charge in [-0.15, -0.1) is 0 Å². The number of carbonyl (C=O) groups excluding carboxylic acids is 1. The van der Waals surface area contributed by atoms with Crippen LogP contribution >= 0.6 is 0 Å². The van der Waals surface area contributed by atoms with Gasteiger partial charge in [0.25, 0.3) is 0 Å².